The monoisotopic (exact) mass is 138 g/mol. The molecule has 10 heavy (non-hydrogen) atoms. The second-order valence-electron chi connectivity index (χ2n) is 3.56. The summed E-state index contributed by atoms with van der Waals surface area (Å²) in [5, 5.41) is 9.51. The van der Waals surface area contributed by atoms with Gasteiger partial charge in [-0.25, -0.2) is 0 Å². The van der Waals surface area contributed by atoms with Gasteiger partial charge in [-0.15, -0.1) is 0 Å². The lowest BCUT2D eigenvalue weighted by molar-refractivity contribution is 0.197. The van der Waals surface area contributed by atoms with Gasteiger partial charge in [0.05, 0.1) is 6.10 Å². The third-order valence-electron chi connectivity index (χ3n) is 2.88. The second kappa shape index (κ2) is 2.09. The Hall–Kier alpha value is -0.300. The fourth-order valence-electron chi connectivity index (χ4n) is 2.35. The molecule has 0 aromatic rings. The Bertz CT molecular complexity index is 163. The third-order valence-corrected chi connectivity index (χ3v) is 2.88. The van der Waals surface area contributed by atoms with E-state index >= 15 is 0 Å². The van der Waals surface area contributed by atoms with Crippen molar-refractivity contribution in [2.75, 3.05) is 0 Å². The highest BCUT2D eigenvalue weighted by molar-refractivity contribution is 5.30. The maximum Gasteiger partial charge on any atom is 0.0758 e. The summed E-state index contributed by atoms with van der Waals surface area (Å²) in [7, 11) is 0. The zero-order valence-electron chi connectivity index (χ0n) is 6.43. The summed E-state index contributed by atoms with van der Waals surface area (Å²) in [5.41, 5.74) is 2.96. The van der Waals surface area contributed by atoms with E-state index in [4.69, 9.17) is 0 Å². The largest absolute Gasteiger partial charge is 0.389 e. The predicted molar refractivity (Wildman–Crippen MR) is 40.7 cm³/mol. The van der Waals surface area contributed by atoms with Gasteiger partial charge < -0.3 is 5.11 Å². The molecule has 0 saturated carbocycles. The zero-order valence-corrected chi connectivity index (χ0v) is 6.43. The van der Waals surface area contributed by atoms with Gasteiger partial charge >= 0.3 is 0 Å². The topological polar surface area (TPSA) is 20.2 Å². The Morgan fingerprint density at radius 2 is 2.00 bits per heavy atom. The number of rotatable bonds is 0. The minimum Gasteiger partial charge on any atom is -0.389 e. The summed E-state index contributed by atoms with van der Waals surface area (Å²) >= 11 is 0. The van der Waals surface area contributed by atoms with E-state index in [0.29, 0.717) is 5.92 Å². The maximum atomic E-state index is 9.51. The summed E-state index contributed by atoms with van der Waals surface area (Å²) in [6.07, 6.45) is 4.62. The molecule has 2 atom stereocenters. The van der Waals surface area contributed by atoms with Crippen LogP contribution in [0.2, 0.25) is 0 Å². The first kappa shape index (κ1) is 6.41. The Labute approximate surface area is 61.8 Å². The third kappa shape index (κ3) is 0.734. The SMILES string of the molecule is CC1C[C@H](O)C2=C1CCC2. The Balaban J connectivity index is 2.27. The standard InChI is InChI=1S/C9H14O/c1-6-5-9(10)8-4-2-3-7(6)8/h6,9-10H,2-5H2,1H3/t6?,9-/m0/s1. The molecule has 2 aliphatic rings. The van der Waals surface area contributed by atoms with E-state index < -0.39 is 0 Å². The quantitative estimate of drug-likeness (QED) is 0.507. The molecule has 0 aliphatic heterocycles. The molecule has 0 fully saturated rings. The maximum absolute atomic E-state index is 9.51. The average Bonchev–Trinajstić information content (AvgIpc) is 2.39. The van der Waals surface area contributed by atoms with Crippen molar-refractivity contribution in [2.45, 2.75) is 38.7 Å². The van der Waals surface area contributed by atoms with Gasteiger partial charge in [-0.05, 0) is 37.2 Å². The predicted octanol–water partition coefficient (Wildman–Crippen LogP) is 1.87. The van der Waals surface area contributed by atoms with Crippen LogP contribution >= 0.6 is 0 Å². The summed E-state index contributed by atoms with van der Waals surface area (Å²) in [5.74, 6) is 0.674. The van der Waals surface area contributed by atoms with Crippen molar-refractivity contribution in [1.29, 1.82) is 0 Å². The van der Waals surface area contributed by atoms with Gasteiger partial charge in [0.15, 0.2) is 0 Å². The second-order valence-corrected chi connectivity index (χ2v) is 3.56. The molecule has 1 nitrogen and oxygen atoms in total. The Morgan fingerprint density at radius 1 is 1.30 bits per heavy atom. The molecule has 2 rings (SSSR count). The molecular weight excluding hydrogens is 124 g/mol. The minimum atomic E-state index is -0.0764. The number of hydrogen-bond acceptors (Lipinski definition) is 1. The zero-order chi connectivity index (χ0) is 7.14. The van der Waals surface area contributed by atoms with Gasteiger partial charge in [-0.3, -0.25) is 0 Å². The van der Waals surface area contributed by atoms with Crippen molar-refractivity contribution < 1.29 is 5.11 Å². The van der Waals surface area contributed by atoms with Crippen LogP contribution in [0.1, 0.15) is 32.6 Å². The van der Waals surface area contributed by atoms with E-state index in [-0.39, 0.29) is 6.10 Å². The summed E-state index contributed by atoms with van der Waals surface area (Å²) < 4.78 is 0. The average molecular weight is 138 g/mol. The Morgan fingerprint density at radius 3 is 2.70 bits per heavy atom. The molecule has 1 N–H and O–H groups in total. The van der Waals surface area contributed by atoms with Crippen molar-refractivity contribution in [1.82, 2.24) is 0 Å². The van der Waals surface area contributed by atoms with Crippen molar-refractivity contribution in [3.8, 4) is 0 Å². The smallest absolute Gasteiger partial charge is 0.0758 e. The number of allylic oxidation sites excluding steroid dienone is 1. The normalized spacial score (nSPS) is 39.0. The summed E-state index contributed by atoms with van der Waals surface area (Å²) in [6.45, 7) is 2.23. The summed E-state index contributed by atoms with van der Waals surface area (Å²) in [4.78, 5) is 0. The van der Waals surface area contributed by atoms with Crippen molar-refractivity contribution in [3.05, 3.63) is 11.1 Å². The molecule has 56 valence electrons. The lowest BCUT2D eigenvalue weighted by Gasteiger charge is -2.06. The molecule has 0 saturated heterocycles. The molecule has 0 radical (unpaired) electrons. The van der Waals surface area contributed by atoms with Crippen molar-refractivity contribution in [2.24, 2.45) is 5.92 Å². The molecule has 0 bridgehead atoms. The molecule has 0 spiro atoms. The molecule has 1 heteroatoms. The lowest BCUT2D eigenvalue weighted by Crippen LogP contribution is -2.05. The van der Waals surface area contributed by atoms with E-state index in [2.05, 4.69) is 6.92 Å². The molecule has 0 amide bonds. The first-order valence-corrected chi connectivity index (χ1v) is 4.19. The molecule has 0 heterocycles. The number of aliphatic hydroxyl groups is 1. The van der Waals surface area contributed by atoms with Crippen LogP contribution in [0.3, 0.4) is 0 Å². The fraction of sp³-hybridized carbons (Fsp3) is 0.778. The molecule has 1 unspecified atom stereocenters. The highest BCUT2D eigenvalue weighted by Crippen LogP contribution is 2.42. The van der Waals surface area contributed by atoms with Crippen LogP contribution in [-0.4, -0.2) is 11.2 Å². The van der Waals surface area contributed by atoms with Crippen molar-refractivity contribution in [3.63, 3.8) is 0 Å². The van der Waals surface area contributed by atoms with Crippen LogP contribution in [0.25, 0.3) is 0 Å². The van der Waals surface area contributed by atoms with Crippen molar-refractivity contribution >= 4 is 0 Å². The van der Waals surface area contributed by atoms with Crippen LogP contribution in [0.4, 0.5) is 0 Å². The van der Waals surface area contributed by atoms with Gasteiger partial charge in [-0.2, -0.15) is 0 Å². The van der Waals surface area contributed by atoms with Crippen LogP contribution in [-0.2, 0) is 0 Å². The van der Waals surface area contributed by atoms with Gasteiger partial charge in [0, 0.05) is 0 Å². The first-order valence-electron chi connectivity index (χ1n) is 4.19. The van der Waals surface area contributed by atoms with E-state index in [1.165, 1.54) is 24.8 Å². The highest BCUT2D eigenvalue weighted by atomic mass is 16.3. The van der Waals surface area contributed by atoms with E-state index in [1.54, 1.807) is 5.57 Å². The summed E-state index contributed by atoms with van der Waals surface area (Å²) in [6, 6.07) is 0. The van der Waals surface area contributed by atoms with Gasteiger partial charge in [0.25, 0.3) is 0 Å². The van der Waals surface area contributed by atoms with Crippen LogP contribution in [0.15, 0.2) is 11.1 Å². The van der Waals surface area contributed by atoms with Gasteiger partial charge in [-0.1, -0.05) is 12.5 Å². The number of aliphatic hydroxyl groups excluding tert-OH is 1. The van der Waals surface area contributed by atoms with E-state index in [9.17, 15) is 5.11 Å². The van der Waals surface area contributed by atoms with Crippen LogP contribution in [0, 0.1) is 5.92 Å². The molecule has 0 aromatic carbocycles. The minimum absolute atomic E-state index is 0.0764. The van der Waals surface area contributed by atoms with Crippen LogP contribution in [0.5, 0.6) is 0 Å². The van der Waals surface area contributed by atoms with Gasteiger partial charge in [0.1, 0.15) is 0 Å². The number of hydrogen-bond donors (Lipinski definition) is 1. The molecule has 0 aromatic heterocycles. The van der Waals surface area contributed by atoms with E-state index in [1.807, 2.05) is 0 Å². The van der Waals surface area contributed by atoms with E-state index in [0.717, 1.165) is 6.42 Å². The van der Waals surface area contributed by atoms with Gasteiger partial charge in [0.2, 0.25) is 0 Å². The van der Waals surface area contributed by atoms with Crippen LogP contribution < -0.4 is 0 Å². The Kier molecular flexibility index (Phi) is 1.34. The fourth-order valence-corrected chi connectivity index (χ4v) is 2.35. The lowest BCUT2D eigenvalue weighted by atomic mass is 10.0. The first-order chi connectivity index (χ1) is 4.79. The molecule has 2 aliphatic carbocycles. The molecular formula is C9H14O. The highest BCUT2D eigenvalue weighted by Gasteiger charge is 2.31.